The van der Waals surface area contributed by atoms with Gasteiger partial charge in [0.2, 0.25) is 0 Å². The van der Waals surface area contributed by atoms with Crippen molar-refractivity contribution >= 4 is 10.8 Å². The molecule has 0 aliphatic carbocycles. The van der Waals surface area contributed by atoms with Gasteiger partial charge in [-0.3, -0.25) is 4.98 Å². The van der Waals surface area contributed by atoms with Crippen molar-refractivity contribution in [2.75, 3.05) is 0 Å². The number of aromatic nitrogens is 1. The zero-order valence-electron chi connectivity index (χ0n) is 12.9. The summed E-state index contributed by atoms with van der Waals surface area (Å²) in [6.45, 7) is 6.17. The van der Waals surface area contributed by atoms with E-state index in [-0.39, 0.29) is 17.0 Å². The Kier molecular flexibility index (Phi) is 3.57. The van der Waals surface area contributed by atoms with Crippen LogP contribution in [0.1, 0.15) is 26.3 Å². The standard InChI is InChI=1S/C19H18FNO/c1-19(2,3)14-7-8-18(16(20)11-14)22-17-6-4-5-13-12-21-10-9-15(13)17/h4-12H,1-3H3. The molecule has 1 heterocycles. The Balaban J connectivity index is 1.99. The topological polar surface area (TPSA) is 22.1 Å². The summed E-state index contributed by atoms with van der Waals surface area (Å²) in [7, 11) is 0. The van der Waals surface area contributed by atoms with Gasteiger partial charge in [-0.15, -0.1) is 0 Å². The van der Waals surface area contributed by atoms with Crippen molar-refractivity contribution in [3.05, 3.63) is 66.2 Å². The monoisotopic (exact) mass is 295 g/mol. The van der Waals surface area contributed by atoms with Crippen molar-refractivity contribution in [1.82, 2.24) is 4.98 Å². The quantitative estimate of drug-likeness (QED) is 0.626. The summed E-state index contributed by atoms with van der Waals surface area (Å²) >= 11 is 0. The van der Waals surface area contributed by atoms with Gasteiger partial charge in [0, 0.05) is 23.2 Å². The number of hydrogen-bond donors (Lipinski definition) is 0. The highest BCUT2D eigenvalue weighted by Gasteiger charge is 2.16. The Morgan fingerprint density at radius 3 is 2.55 bits per heavy atom. The molecule has 0 aliphatic rings. The predicted molar refractivity (Wildman–Crippen MR) is 86.9 cm³/mol. The van der Waals surface area contributed by atoms with Gasteiger partial charge >= 0.3 is 0 Å². The van der Waals surface area contributed by atoms with E-state index in [4.69, 9.17) is 4.74 Å². The Labute approximate surface area is 129 Å². The average molecular weight is 295 g/mol. The van der Waals surface area contributed by atoms with Crippen LogP contribution in [0.5, 0.6) is 11.5 Å². The van der Waals surface area contributed by atoms with Gasteiger partial charge in [-0.2, -0.15) is 0 Å². The van der Waals surface area contributed by atoms with Crippen molar-refractivity contribution in [2.45, 2.75) is 26.2 Å². The second-order valence-corrected chi connectivity index (χ2v) is 6.35. The number of nitrogens with zero attached hydrogens (tertiary/aromatic N) is 1. The van der Waals surface area contributed by atoms with Gasteiger partial charge in [-0.05, 0) is 35.2 Å². The third kappa shape index (κ3) is 2.80. The van der Waals surface area contributed by atoms with Crippen LogP contribution in [0.15, 0.2) is 54.9 Å². The van der Waals surface area contributed by atoms with Crippen molar-refractivity contribution < 1.29 is 9.13 Å². The number of fused-ring (bicyclic) bond motifs is 1. The molecule has 0 amide bonds. The third-order valence-electron chi connectivity index (χ3n) is 3.66. The van der Waals surface area contributed by atoms with E-state index in [2.05, 4.69) is 25.8 Å². The van der Waals surface area contributed by atoms with Crippen molar-refractivity contribution in [1.29, 1.82) is 0 Å². The lowest BCUT2D eigenvalue weighted by Gasteiger charge is -2.19. The fraction of sp³-hybridized carbons (Fsp3) is 0.211. The normalized spacial score (nSPS) is 11.6. The van der Waals surface area contributed by atoms with Gasteiger partial charge in [0.25, 0.3) is 0 Å². The molecule has 0 bridgehead atoms. The summed E-state index contributed by atoms with van der Waals surface area (Å²) in [5.74, 6) is 0.512. The average Bonchev–Trinajstić information content (AvgIpc) is 2.48. The largest absolute Gasteiger partial charge is 0.454 e. The maximum atomic E-state index is 14.3. The summed E-state index contributed by atoms with van der Waals surface area (Å²) in [4.78, 5) is 4.09. The van der Waals surface area contributed by atoms with Crippen LogP contribution >= 0.6 is 0 Å². The zero-order valence-corrected chi connectivity index (χ0v) is 12.9. The van der Waals surface area contributed by atoms with E-state index in [1.165, 1.54) is 0 Å². The molecule has 0 saturated heterocycles. The molecular weight excluding hydrogens is 277 g/mol. The van der Waals surface area contributed by atoms with E-state index >= 15 is 0 Å². The molecule has 0 spiro atoms. The van der Waals surface area contributed by atoms with Crippen LogP contribution in [-0.4, -0.2) is 4.98 Å². The molecule has 3 rings (SSSR count). The molecule has 0 aliphatic heterocycles. The highest BCUT2D eigenvalue weighted by Crippen LogP contribution is 2.33. The predicted octanol–water partition coefficient (Wildman–Crippen LogP) is 5.46. The van der Waals surface area contributed by atoms with Gasteiger partial charge in [0.1, 0.15) is 5.75 Å². The fourth-order valence-corrected chi connectivity index (χ4v) is 2.35. The molecule has 2 aromatic carbocycles. The number of rotatable bonds is 2. The van der Waals surface area contributed by atoms with E-state index in [0.717, 1.165) is 16.3 Å². The Morgan fingerprint density at radius 1 is 1.00 bits per heavy atom. The van der Waals surface area contributed by atoms with Crippen LogP contribution < -0.4 is 4.74 Å². The minimum absolute atomic E-state index is 0.0928. The lowest BCUT2D eigenvalue weighted by Crippen LogP contribution is -2.11. The van der Waals surface area contributed by atoms with Gasteiger partial charge in [-0.25, -0.2) is 4.39 Å². The minimum atomic E-state index is -0.349. The summed E-state index contributed by atoms with van der Waals surface area (Å²) < 4.78 is 20.1. The van der Waals surface area contributed by atoms with Crippen molar-refractivity contribution in [3.63, 3.8) is 0 Å². The molecule has 2 nitrogen and oxygen atoms in total. The number of hydrogen-bond acceptors (Lipinski definition) is 2. The van der Waals surface area contributed by atoms with E-state index in [1.807, 2.05) is 30.3 Å². The zero-order chi connectivity index (χ0) is 15.7. The molecule has 3 aromatic rings. The second kappa shape index (κ2) is 5.41. The first-order chi connectivity index (χ1) is 10.4. The number of halogens is 1. The van der Waals surface area contributed by atoms with Crippen molar-refractivity contribution in [2.24, 2.45) is 0 Å². The van der Waals surface area contributed by atoms with Crippen LogP contribution in [0, 0.1) is 5.82 Å². The third-order valence-corrected chi connectivity index (χ3v) is 3.66. The molecule has 22 heavy (non-hydrogen) atoms. The Morgan fingerprint density at radius 2 is 1.82 bits per heavy atom. The molecule has 0 radical (unpaired) electrons. The van der Waals surface area contributed by atoms with Gasteiger partial charge in [0.15, 0.2) is 11.6 Å². The van der Waals surface area contributed by atoms with Crippen LogP contribution in [0.25, 0.3) is 10.8 Å². The molecule has 0 atom stereocenters. The highest BCUT2D eigenvalue weighted by atomic mass is 19.1. The fourth-order valence-electron chi connectivity index (χ4n) is 2.35. The lowest BCUT2D eigenvalue weighted by molar-refractivity contribution is 0.443. The molecule has 0 saturated carbocycles. The summed E-state index contributed by atoms with van der Waals surface area (Å²) in [5.41, 5.74) is 0.851. The Bertz CT molecular complexity index is 816. The first kappa shape index (κ1) is 14.5. The van der Waals surface area contributed by atoms with Crippen LogP contribution in [0.3, 0.4) is 0 Å². The summed E-state index contributed by atoms with van der Waals surface area (Å²) in [6.07, 6.45) is 3.47. The summed E-state index contributed by atoms with van der Waals surface area (Å²) in [5, 5.41) is 1.88. The maximum Gasteiger partial charge on any atom is 0.166 e. The van der Waals surface area contributed by atoms with Gasteiger partial charge < -0.3 is 4.74 Å². The van der Waals surface area contributed by atoms with E-state index in [1.54, 1.807) is 24.5 Å². The number of benzene rings is 2. The SMILES string of the molecule is CC(C)(C)c1ccc(Oc2cccc3cnccc23)c(F)c1. The van der Waals surface area contributed by atoms with Crippen LogP contribution in [-0.2, 0) is 5.41 Å². The molecule has 3 heteroatoms. The second-order valence-electron chi connectivity index (χ2n) is 6.35. The molecule has 1 aromatic heterocycles. The molecule has 0 N–H and O–H groups in total. The van der Waals surface area contributed by atoms with Crippen LogP contribution in [0.4, 0.5) is 4.39 Å². The minimum Gasteiger partial charge on any atom is -0.454 e. The summed E-state index contributed by atoms with van der Waals surface area (Å²) in [6, 6.07) is 12.7. The van der Waals surface area contributed by atoms with Gasteiger partial charge in [-0.1, -0.05) is 39.0 Å². The van der Waals surface area contributed by atoms with E-state index in [0.29, 0.717) is 5.75 Å². The smallest absolute Gasteiger partial charge is 0.166 e. The first-order valence-electron chi connectivity index (χ1n) is 7.26. The number of ether oxygens (including phenoxy) is 1. The molecular formula is C19H18FNO. The highest BCUT2D eigenvalue weighted by molar-refractivity contribution is 5.87. The van der Waals surface area contributed by atoms with Crippen LogP contribution in [0.2, 0.25) is 0 Å². The lowest BCUT2D eigenvalue weighted by atomic mass is 9.87. The first-order valence-corrected chi connectivity index (χ1v) is 7.26. The molecule has 0 fully saturated rings. The van der Waals surface area contributed by atoms with Gasteiger partial charge in [0.05, 0.1) is 0 Å². The Hall–Kier alpha value is -2.42. The number of pyridine rings is 1. The van der Waals surface area contributed by atoms with E-state index in [9.17, 15) is 4.39 Å². The molecule has 112 valence electrons. The maximum absolute atomic E-state index is 14.3. The molecule has 0 unspecified atom stereocenters. The van der Waals surface area contributed by atoms with E-state index < -0.39 is 0 Å². The van der Waals surface area contributed by atoms with Crippen molar-refractivity contribution in [3.8, 4) is 11.5 Å².